The Bertz CT molecular complexity index is 799. The van der Waals surface area contributed by atoms with Crippen LogP contribution in [0, 0.1) is 0 Å². The molecule has 0 aliphatic heterocycles. The Morgan fingerprint density at radius 3 is 2.65 bits per heavy atom. The highest BCUT2D eigenvalue weighted by Crippen LogP contribution is 2.39. The maximum atomic E-state index is 12.3. The third-order valence-electron chi connectivity index (χ3n) is 3.27. The van der Waals surface area contributed by atoms with Crippen LogP contribution in [0.3, 0.4) is 0 Å². The summed E-state index contributed by atoms with van der Waals surface area (Å²) in [6.45, 7) is 1.61. The van der Waals surface area contributed by atoms with E-state index in [1.807, 2.05) is 0 Å². The Morgan fingerprint density at radius 2 is 2.09 bits per heavy atom. The Balaban J connectivity index is 2.90. The first-order valence-electron chi connectivity index (χ1n) is 6.93. The topological polar surface area (TPSA) is 96.8 Å². The fourth-order valence-electron chi connectivity index (χ4n) is 2.13. The van der Waals surface area contributed by atoms with Gasteiger partial charge in [0, 0.05) is 32.1 Å². The first-order chi connectivity index (χ1) is 10.9. The highest BCUT2D eigenvalue weighted by Gasteiger charge is 2.27. The molecule has 1 aromatic carbocycles. The summed E-state index contributed by atoms with van der Waals surface area (Å²) in [5.74, 6) is -1.64. The largest absolute Gasteiger partial charge is 0.505 e. The second-order valence-electron chi connectivity index (χ2n) is 5.01. The molecule has 2 aromatic rings. The van der Waals surface area contributed by atoms with Gasteiger partial charge in [0.25, 0.3) is 5.91 Å². The van der Waals surface area contributed by atoms with E-state index in [0.29, 0.717) is 6.29 Å². The molecule has 0 fully saturated rings. The molecule has 0 radical (unpaired) electrons. The monoisotopic (exact) mass is 316 g/mol. The standard InChI is InChI=1S/C16H16N2O5/c1-4-11(20)23-15-9-6-5-7-17-13(9)14(21)12(10(15)8-19)16(22)18(2)3/h5-8,21H,4H2,1-3H3. The van der Waals surface area contributed by atoms with Gasteiger partial charge in [-0.05, 0) is 12.1 Å². The summed E-state index contributed by atoms with van der Waals surface area (Å²) >= 11 is 0. The van der Waals surface area contributed by atoms with Crippen molar-refractivity contribution in [3.63, 3.8) is 0 Å². The number of fused-ring (bicyclic) bond motifs is 1. The van der Waals surface area contributed by atoms with Gasteiger partial charge < -0.3 is 14.7 Å². The summed E-state index contributed by atoms with van der Waals surface area (Å²) in [6, 6.07) is 3.13. The molecule has 7 heteroatoms. The van der Waals surface area contributed by atoms with E-state index in [0.717, 1.165) is 0 Å². The number of aromatic hydroxyl groups is 1. The molecule has 0 unspecified atom stereocenters. The molecule has 23 heavy (non-hydrogen) atoms. The van der Waals surface area contributed by atoms with E-state index in [1.165, 1.54) is 25.2 Å². The number of aromatic nitrogens is 1. The molecular formula is C16H16N2O5. The maximum Gasteiger partial charge on any atom is 0.310 e. The van der Waals surface area contributed by atoms with E-state index in [2.05, 4.69) is 4.98 Å². The number of hydrogen-bond acceptors (Lipinski definition) is 6. The van der Waals surface area contributed by atoms with Crippen molar-refractivity contribution in [1.29, 1.82) is 0 Å². The van der Waals surface area contributed by atoms with E-state index < -0.39 is 17.6 Å². The zero-order valence-corrected chi connectivity index (χ0v) is 13.0. The van der Waals surface area contributed by atoms with Crippen LogP contribution in [0.15, 0.2) is 18.3 Å². The van der Waals surface area contributed by atoms with Crippen molar-refractivity contribution in [3.8, 4) is 11.5 Å². The molecule has 0 atom stereocenters. The molecule has 1 N–H and O–H groups in total. The molecule has 2 rings (SSSR count). The Labute approximate surface area is 132 Å². The SMILES string of the molecule is CCC(=O)Oc1c(C=O)c(C(=O)N(C)C)c(O)c2ncccc12. The van der Waals surface area contributed by atoms with Gasteiger partial charge in [0.1, 0.15) is 5.52 Å². The van der Waals surface area contributed by atoms with E-state index >= 15 is 0 Å². The number of ether oxygens (including phenoxy) is 1. The lowest BCUT2D eigenvalue weighted by Crippen LogP contribution is -2.24. The molecule has 0 saturated heterocycles. The van der Waals surface area contributed by atoms with Gasteiger partial charge >= 0.3 is 5.97 Å². The fraction of sp³-hybridized carbons (Fsp3) is 0.250. The first kappa shape index (κ1) is 16.4. The normalized spacial score (nSPS) is 10.4. The number of carbonyl (C=O) groups is 3. The molecule has 120 valence electrons. The van der Waals surface area contributed by atoms with E-state index in [4.69, 9.17) is 4.74 Å². The lowest BCUT2D eigenvalue weighted by molar-refractivity contribution is -0.133. The minimum atomic E-state index is -0.592. The molecule has 0 saturated carbocycles. The summed E-state index contributed by atoms with van der Waals surface area (Å²) in [5, 5.41) is 10.7. The van der Waals surface area contributed by atoms with Crippen molar-refractivity contribution in [1.82, 2.24) is 9.88 Å². The smallest absolute Gasteiger partial charge is 0.310 e. The van der Waals surface area contributed by atoms with E-state index in [-0.39, 0.29) is 34.2 Å². The lowest BCUT2D eigenvalue weighted by Gasteiger charge is -2.17. The van der Waals surface area contributed by atoms with Crippen LogP contribution in [-0.4, -0.2) is 47.2 Å². The van der Waals surface area contributed by atoms with Gasteiger partial charge in [0.15, 0.2) is 17.8 Å². The molecule has 1 aromatic heterocycles. The van der Waals surface area contributed by atoms with Crippen molar-refractivity contribution in [3.05, 3.63) is 29.5 Å². The molecule has 0 aliphatic carbocycles. The van der Waals surface area contributed by atoms with Crippen LogP contribution in [0.2, 0.25) is 0 Å². The summed E-state index contributed by atoms with van der Waals surface area (Å²) in [7, 11) is 2.97. The van der Waals surface area contributed by atoms with Crippen LogP contribution in [0.25, 0.3) is 10.9 Å². The predicted octanol–water partition coefficient (Wildman–Crippen LogP) is 1.77. The average molecular weight is 316 g/mol. The lowest BCUT2D eigenvalue weighted by atomic mass is 10.00. The predicted molar refractivity (Wildman–Crippen MR) is 82.7 cm³/mol. The number of phenols is 1. The average Bonchev–Trinajstić information content (AvgIpc) is 2.56. The molecule has 1 heterocycles. The number of pyridine rings is 1. The Hall–Kier alpha value is -2.96. The summed E-state index contributed by atoms with van der Waals surface area (Å²) in [5.41, 5.74) is -0.333. The van der Waals surface area contributed by atoms with Gasteiger partial charge in [0.2, 0.25) is 0 Å². The van der Waals surface area contributed by atoms with Crippen LogP contribution in [0.4, 0.5) is 0 Å². The summed E-state index contributed by atoms with van der Waals surface area (Å²) < 4.78 is 5.23. The number of phenolic OH excluding ortho intramolecular Hbond substituents is 1. The van der Waals surface area contributed by atoms with Crippen molar-refractivity contribution < 1.29 is 24.2 Å². The maximum absolute atomic E-state index is 12.3. The van der Waals surface area contributed by atoms with Crippen LogP contribution in [-0.2, 0) is 4.79 Å². The van der Waals surface area contributed by atoms with E-state index in [1.54, 1.807) is 19.1 Å². The zero-order valence-electron chi connectivity index (χ0n) is 13.0. The van der Waals surface area contributed by atoms with Gasteiger partial charge in [-0.2, -0.15) is 0 Å². The second-order valence-corrected chi connectivity index (χ2v) is 5.01. The van der Waals surface area contributed by atoms with Crippen LogP contribution in [0.5, 0.6) is 11.5 Å². The minimum Gasteiger partial charge on any atom is -0.505 e. The van der Waals surface area contributed by atoms with Gasteiger partial charge in [-0.15, -0.1) is 0 Å². The molecule has 0 bridgehead atoms. The highest BCUT2D eigenvalue weighted by molar-refractivity contribution is 6.12. The third kappa shape index (κ3) is 2.85. The van der Waals surface area contributed by atoms with E-state index in [9.17, 15) is 19.5 Å². The Morgan fingerprint density at radius 1 is 1.39 bits per heavy atom. The quantitative estimate of drug-likeness (QED) is 0.524. The molecule has 0 aliphatic rings. The number of benzene rings is 1. The summed E-state index contributed by atoms with van der Waals surface area (Å²) in [6.07, 6.45) is 1.91. The van der Waals surface area contributed by atoms with Crippen molar-refractivity contribution in [2.75, 3.05) is 14.1 Å². The van der Waals surface area contributed by atoms with Crippen LogP contribution < -0.4 is 4.74 Å². The van der Waals surface area contributed by atoms with Gasteiger partial charge in [-0.25, -0.2) is 0 Å². The van der Waals surface area contributed by atoms with Gasteiger partial charge in [-0.3, -0.25) is 19.4 Å². The minimum absolute atomic E-state index is 0.0713. The molecule has 0 spiro atoms. The molecule has 1 amide bonds. The van der Waals surface area contributed by atoms with Crippen molar-refractivity contribution >= 4 is 29.1 Å². The number of amides is 1. The number of nitrogens with zero attached hydrogens (tertiary/aromatic N) is 2. The highest BCUT2D eigenvalue weighted by atomic mass is 16.5. The molecular weight excluding hydrogens is 300 g/mol. The first-order valence-corrected chi connectivity index (χ1v) is 6.93. The summed E-state index contributed by atoms with van der Waals surface area (Å²) in [4.78, 5) is 40.8. The van der Waals surface area contributed by atoms with Crippen molar-refractivity contribution in [2.24, 2.45) is 0 Å². The number of aldehydes is 1. The number of esters is 1. The number of rotatable bonds is 4. The third-order valence-corrected chi connectivity index (χ3v) is 3.27. The fourth-order valence-corrected chi connectivity index (χ4v) is 2.13. The van der Waals surface area contributed by atoms with Crippen molar-refractivity contribution in [2.45, 2.75) is 13.3 Å². The van der Waals surface area contributed by atoms with Crippen LogP contribution >= 0.6 is 0 Å². The van der Waals surface area contributed by atoms with Gasteiger partial charge in [-0.1, -0.05) is 6.92 Å². The zero-order chi connectivity index (χ0) is 17.1. The Kier molecular flexibility index (Phi) is 4.59. The number of hydrogen-bond donors (Lipinski definition) is 1. The van der Waals surface area contributed by atoms with Crippen LogP contribution in [0.1, 0.15) is 34.1 Å². The molecule has 7 nitrogen and oxygen atoms in total. The second kappa shape index (κ2) is 6.43. The van der Waals surface area contributed by atoms with Gasteiger partial charge in [0.05, 0.1) is 11.1 Å². The number of carbonyl (C=O) groups excluding carboxylic acids is 3.